The van der Waals surface area contributed by atoms with Crippen LogP contribution in [0, 0.1) is 0 Å². The summed E-state index contributed by atoms with van der Waals surface area (Å²) in [4.78, 5) is 33.4. The number of aliphatic hydroxyl groups excluding tert-OH is 1. The molecule has 1 aromatic heterocycles. The Labute approximate surface area is 183 Å². The van der Waals surface area contributed by atoms with E-state index in [9.17, 15) is 14.7 Å². The minimum Gasteiger partial charge on any atom is -0.393 e. The molecule has 2 aromatic carbocycles. The third-order valence-electron chi connectivity index (χ3n) is 5.00. The summed E-state index contributed by atoms with van der Waals surface area (Å²) in [7, 11) is 0. The maximum absolute atomic E-state index is 12.6. The first kappa shape index (κ1) is 21.2. The Bertz CT molecular complexity index is 1070. The Kier molecular flexibility index (Phi) is 6.41. The number of aliphatic hydroxyl groups is 1. The number of halogens is 1. The van der Waals surface area contributed by atoms with Crippen LogP contribution in [0.5, 0.6) is 5.88 Å². The van der Waals surface area contributed by atoms with Gasteiger partial charge in [0.1, 0.15) is 0 Å². The van der Waals surface area contributed by atoms with E-state index in [4.69, 9.17) is 21.2 Å². The van der Waals surface area contributed by atoms with Crippen molar-refractivity contribution in [1.82, 2.24) is 15.4 Å². The molecule has 9 heteroatoms. The van der Waals surface area contributed by atoms with Crippen molar-refractivity contribution >= 4 is 34.5 Å². The van der Waals surface area contributed by atoms with Crippen molar-refractivity contribution in [2.45, 2.75) is 25.0 Å². The Hall–Kier alpha value is -3.07. The largest absolute Gasteiger partial charge is 0.414 e. The highest BCUT2D eigenvalue weighted by molar-refractivity contribution is 6.31. The zero-order chi connectivity index (χ0) is 21.8. The lowest BCUT2D eigenvalue weighted by atomic mass is 10.0. The number of hydrogen-bond acceptors (Lipinski definition) is 5. The standard InChI is InChI=1S/C22H22ClN3O5/c23-16-7-8-17-15(12-16)13-19(24-17)31-22(29)25-18(11-14-5-2-1-3-6-14)20(27)21(28)26-9-4-10-30-26/h1-3,5-8,12-13,18,20,24,27H,4,9-11H2,(H,25,29)/t18-,20+/m0/s1. The molecule has 8 nitrogen and oxygen atoms in total. The van der Waals surface area contributed by atoms with E-state index in [1.54, 1.807) is 24.3 Å². The van der Waals surface area contributed by atoms with Gasteiger partial charge in [-0.15, -0.1) is 0 Å². The normalized spacial score (nSPS) is 15.6. The molecular weight excluding hydrogens is 422 g/mol. The Morgan fingerprint density at radius 2 is 2.03 bits per heavy atom. The summed E-state index contributed by atoms with van der Waals surface area (Å²) >= 11 is 5.99. The number of nitrogens with zero attached hydrogens (tertiary/aromatic N) is 1. The number of aromatic nitrogens is 1. The zero-order valence-electron chi connectivity index (χ0n) is 16.6. The number of benzene rings is 2. The van der Waals surface area contributed by atoms with E-state index in [1.165, 1.54) is 0 Å². The molecule has 0 unspecified atom stereocenters. The van der Waals surface area contributed by atoms with E-state index in [-0.39, 0.29) is 12.3 Å². The fourth-order valence-electron chi connectivity index (χ4n) is 3.46. The summed E-state index contributed by atoms with van der Waals surface area (Å²) in [6.07, 6.45) is -1.36. The van der Waals surface area contributed by atoms with Crippen molar-refractivity contribution in [2.24, 2.45) is 0 Å². The fraction of sp³-hybridized carbons (Fsp3) is 0.273. The topological polar surface area (TPSA) is 104 Å². The van der Waals surface area contributed by atoms with E-state index in [0.717, 1.165) is 21.5 Å². The predicted octanol–water partition coefficient (Wildman–Crippen LogP) is 3.05. The monoisotopic (exact) mass is 443 g/mol. The average molecular weight is 444 g/mol. The summed E-state index contributed by atoms with van der Waals surface area (Å²) in [5.41, 5.74) is 1.61. The Balaban J connectivity index is 1.48. The lowest BCUT2D eigenvalue weighted by molar-refractivity contribution is -0.179. The number of amides is 2. The number of aromatic amines is 1. The van der Waals surface area contributed by atoms with Crippen LogP contribution >= 0.6 is 11.6 Å². The molecular formula is C22H22ClN3O5. The third-order valence-corrected chi connectivity index (χ3v) is 5.23. The van der Waals surface area contributed by atoms with Crippen LogP contribution < -0.4 is 10.1 Å². The van der Waals surface area contributed by atoms with Crippen molar-refractivity contribution in [3.8, 4) is 5.88 Å². The maximum Gasteiger partial charge on any atom is 0.414 e. The van der Waals surface area contributed by atoms with Gasteiger partial charge in [0.15, 0.2) is 6.10 Å². The van der Waals surface area contributed by atoms with Crippen molar-refractivity contribution in [3.05, 3.63) is 65.2 Å². The third kappa shape index (κ3) is 5.16. The number of nitrogens with one attached hydrogen (secondary N) is 2. The van der Waals surface area contributed by atoms with Gasteiger partial charge in [0.2, 0.25) is 5.88 Å². The van der Waals surface area contributed by atoms with Crippen LogP contribution in [0.4, 0.5) is 4.79 Å². The first-order chi connectivity index (χ1) is 15.0. The second-order valence-electron chi connectivity index (χ2n) is 7.27. The minimum atomic E-state index is -1.49. The van der Waals surface area contributed by atoms with Crippen LogP contribution in [-0.2, 0) is 16.1 Å². The average Bonchev–Trinajstić information content (AvgIpc) is 3.42. The van der Waals surface area contributed by atoms with Crippen LogP contribution in [0.3, 0.4) is 0 Å². The number of H-pyrrole nitrogens is 1. The van der Waals surface area contributed by atoms with Gasteiger partial charge < -0.3 is 20.1 Å². The molecule has 1 aliphatic heterocycles. The smallest absolute Gasteiger partial charge is 0.393 e. The molecule has 2 amide bonds. The molecule has 0 spiro atoms. The first-order valence-corrected chi connectivity index (χ1v) is 10.3. The molecule has 1 aliphatic rings. The zero-order valence-corrected chi connectivity index (χ0v) is 17.3. The summed E-state index contributed by atoms with van der Waals surface area (Å²) < 4.78 is 5.35. The fourth-order valence-corrected chi connectivity index (χ4v) is 3.64. The SMILES string of the molecule is O=C(N[C@@H](Cc1ccccc1)[C@@H](O)C(=O)N1CCCO1)Oc1cc2cc(Cl)ccc2[nH]1. The number of fused-ring (bicyclic) bond motifs is 1. The number of ether oxygens (including phenoxy) is 1. The van der Waals surface area contributed by atoms with Crippen molar-refractivity contribution in [1.29, 1.82) is 0 Å². The van der Waals surface area contributed by atoms with Gasteiger partial charge >= 0.3 is 6.09 Å². The van der Waals surface area contributed by atoms with E-state index in [0.29, 0.717) is 24.6 Å². The second-order valence-corrected chi connectivity index (χ2v) is 7.70. The second kappa shape index (κ2) is 9.38. The van der Waals surface area contributed by atoms with Gasteiger partial charge in [0, 0.05) is 22.0 Å². The van der Waals surface area contributed by atoms with Gasteiger partial charge in [-0.2, -0.15) is 0 Å². The number of hydroxylamine groups is 2. The highest BCUT2D eigenvalue weighted by atomic mass is 35.5. The first-order valence-electron chi connectivity index (χ1n) is 9.92. The molecule has 1 fully saturated rings. The number of carbonyl (C=O) groups excluding carboxylic acids is 2. The van der Waals surface area contributed by atoms with Crippen molar-refractivity contribution in [3.63, 3.8) is 0 Å². The minimum absolute atomic E-state index is 0.219. The quantitative estimate of drug-likeness (QED) is 0.543. The number of rotatable bonds is 6. The van der Waals surface area contributed by atoms with Crippen LogP contribution in [-0.4, -0.2) is 52.5 Å². The molecule has 4 rings (SSSR count). The summed E-state index contributed by atoms with van der Waals surface area (Å²) in [5.74, 6) is -0.379. The van der Waals surface area contributed by atoms with E-state index < -0.39 is 24.1 Å². The van der Waals surface area contributed by atoms with Gasteiger partial charge in [-0.3, -0.25) is 9.63 Å². The summed E-state index contributed by atoms with van der Waals surface area (Å²) in [5, 5.41) is 15.8. The molecule has 2 heterocycles. The summed E-state index contributed by atoms with van der Waals surface area (Å²) in [6, 6.07) is 15.2. The lowest BCUT2D eigenvalue weighted by Crippen LogP contribution is -2.52. The van der Waals surface area contributed by atoms with Gasteiger partial charge in [0.25, 0.3) is 5.91 Å². The Morgan fingerprint density at radius 1 is 1.23 bits per heavy atom. The molecule has 0 radical (unpaired) electrons. The molecule has 2 atom stereocenters. The van der Waals surface area contributed by atoms with Gasteiger partial charge in [0.05, 0.1) is 19.2 Å². The van der Waals surface area contributed by atoms with Gasteiger partial charge in [-0.25, -0.2) is 9.86 Å². The van der Waals surface area contributed by atoms with Crippen molar-refractivity contribution < 1.29 is 24.3 Å². The van der Waals surface area contributed by atoms with E-state index in [2.05, 4.69) is 10.3 Å². The van der Waals surface area contributed by atoms with E-state index >= 15 is 0 Å². The highest BCUT2D eigenvalue weighted by Gasteiger charge is 2.34. The number of carbonyl (C=O) groups is 2. The van der Waals surface area contributed by atoms with E-state index in [1.807, 2.05) is 30.3 Å². The van der Waals surface area contributed by atoms with Crippen molar-refractivity contribution in [2.75, 3.05) is 13.2 Å². The molecule has 3 aromatic rings. The van der Waals surface area contributed by atoms with Gasteiger partial charge in [-0.05, 0) is 36.6 Å². The summed E-state index contributed by atoms with van der Waals surface area (Å²) in [6.45, 7) is 0.817. The van der Waals surface area contributed by atoms with Crippen LogP contribution in [0.2, 0.25) is 5.02 Å². The molecule has 0 saturated carbocycles. The lowest BCUT2D eigenvalue weighted by Gasteiger charge is -2.26. The predicted molar refractivity (Wildman–Crippen MR) is 115 cm³/mol. The van der Waals surface area contributed by atoms with Crippen LogP contribution in [0.25, 0.3) is 10.9 Å². The number of hydrogen-bond donors (Lipinski definition) is 3. The molecule has 31 heavy (non-hydrogen) atoms. The molecule has 3 N–H and O–H groups in total. The maximum atomic E-state index is 12.6. The molecule has 0 aliphatic carbocycles. The van der Waals surface area contributed by atoms with Gasteiger partial charge in [-0.1, -0.05) is 41.9 Å². The highest BCUT2D eigenvalue weighted by Crippen LogP contribution is 2.24. The van der Waals surface area contributed by atoms with Crippen LogP contribution in [0.1, 0.15) is 12.0 Å². The molecule has 0 bridgehead atoms. The van der Waals surface area contributed by atoms with Crippen LogP contribution in [0.15, 0.2) is 54.6 Å². The molecule has 162 valence electrons. The molecule has 1 saturated heterocycles. The Morgan fingerprint density at radius 3 is 2.77 bits per heavy atom.